The molecular formula is C7H8O3. The van der Waals surface area contributed by atoms with Crippen LogP contribution in [0.15, 0.2) is 4.42 Å². The fourth-order valence-corrected chi connectivity index (χ4v) is 0.721. The molecule has 0 aliphatic rings. The average Bonchev–Trinajstić information content (AvgIpc) is 2.17. The number of aldehydes is 1. The number of aromatic hydroxyl groups is 1. The van der Waals surface area contributed by atoms with E-state index in [0.717, 1.165) is 0 Å². The van der Waals surface area contributed by atoms with Crippen molar-refractivity contribution in [3.05, 3.63) is 17.1 Å². The normalized spacial score (nSPS) is 9.80. The van der Waals surface area contributed by atoms with Crippen molar-refractivity contribution in [1.29, 1.82) is 0 Å². The minimum Gasteiger partial charge on any atom is -0.504 e. The maximum Gasteiger partial charge on any atom is 0.208 e. The van der Waals surface area contributed by atoms with Crippen LogP contribution in [-0.2, 0) is 0 Å². The SMILES string of the molecule is Cc1oc(C=O)c(O)c1C. The van der Waals surface area contributed by atoms with E-state index in [1.165, 1.54) is 0 Å². The summed E-state index contributed by atoms with van der Waals surface area (Å²) in [7, 11) is 0. The highest BCUT2D eigenvalue weighted by Gasteiger charge is 2.11. The number of furan rings is 1. The van der Waals surface area contributed by atoms with Gasteiger partial charge in [-0.15, -0.1) is 0 Å². The van der Waals surface area contributed by atoms with Crippen LogP contribution in [0.1, 0.15) is 21.9 Å². The lowest BCUT2D eigenvalue weighted by Gasteiger charge is -1.84. The maximum atomic E-state index is 10.1. The minimum atomic E-state index is -0.0486. The largest absolute Gasteiger partial charge is 0.504 e. The standard InChI is InChI=1S/C7H8O3/c1-4-5(2)10-6(3-8)7(4)9/h3,9H,1-2H3. The van der Waals surface area contributed by atoms with Crippen LogP contribution >= 0.6 is 0 Å². The monoisotopic (exact) mass is 140 g/mol. The third-order valence-corrected chi connectivity index (χ3v) is 1.49. The lowest BCUT2D eigenvalue weighted by atomic mass is 10.2. The van der Waals surface area contributed by atoms with Gasteiger partial charge in [-0.1, -0.05) is 0 Å². The smallest absolute Gasteiger partial charge is 0.208 e. The van der Waals surface area contributed by atoms with Crippen LogP contribution in [0.3, 0.4) is 0 Å². The fourth-order valence-electron chi connectivity index (χ4n) is 0.721. The summed E-state index contributed by atoms with van der Waals surface area (Å²) >= 11 is 0. The molecule has 3 heteroatoms. The van der Waals surface area contributed by atoms with Crippen LogP contribution in [0.5, 0.6) is 5.75 Å². The number of carbonyl (C=O) groups excluding carboxylic acids is 1. The van der Waals surface area contributed by atoms with Gasteiger partial charge in [0.2, 0.25) is 5.76 Å². The summed E-state index contributed by atoms with van der Waals surface area (Å²) in [4.78, 5) is 10.1. The number of hydrogen-bond donors (Lipinski definition) is 1. The summed E-state index contributed by atoms with van der Waals surface area (Å²) in [5.74, 6) is 0.544. The van der Waals surface area contributed by atoms with Gasteiger partial charge in [-0.05, 0) is 13.8 Å². The zero-order valence-electron chi connectivity index (χ0n) is 5.84. The van der Waals surface area contributed by atoms with E-state index < -0.39 is 0 Å². The molecule has 0 unspecified atom stereocenters. The van der Waals surface area contributed by atoms with E-state index in [0.29, 0.717) is 17.6 Å². The molecular weight excluding hydrogens is 132 g/mol. The van der Waals surface area contributed by atoms with E-state index >= 15 is 0 Å². The van der Waals surface area contributed by atoms with Crippen molar-refractivity contribution < 1.29 is 14.3 Å². The van der Waals surface area contributed by atoms with Gasteiger partial charge < -0.3 is 9.52 Å². The molecule has 1 heterocycles. The molecule has 0 fully saturated rings. The fraction of sp³-hybridized carbons (Fsp3) is 0.286. The Labute approximate surface area is 58.3 Å². The van der Waals surface area contributed by atoms with Crippen LogP contribution < -0.4 is 0 Å². The lowest BCUT2D eigenvalue weighted by molar-refractivity contribution is 0.109. The van der Waals surface area contributed by atoms with Crippen molar-refractivity contribution in [1.82, 2.24) is 0 Å². The molecule has 0 aromatic carbocycles. The quantitative estimate of drug-likeness (QED) is 0.600. The molecule has 0 aliphatic carbocycles. The van der Waals surface area contributed by atoms with Gasteiger partial charge >= 0.3 is 0 Å². The number of rotatable bonds is 1. The second-order valence-electron chi connectivity index (χ2n) is 2.11. The van der Waals surface area contributed by atoms with Gasteiger partial charge in [0, 0.05) is 5.56 Å². The molecule has 0 spiro atoms. The van der Waals surface area contributed by atoms with Crippen LogP contribution in [-0.4, -0.2) is 11.4 Å². The van der Waals surface area contributed by atoms with E-state index in [4.69, 9.17) is 9.52 Å². The Morgan fingerprint density at radius 2 is 2.10 bits per heavy atom. The first-order chi connectivity index (χ1) is 4.66. The van der Waals surface area contributed by atoms with Gasteiger partial charge in [-0.2, -0.15) is 0 Å². The predicted octanol–water partition coefficient (Wildman–Crippen LogP) is 1.41. The van der Waals surface area contributed by atoms with Crippen LogP contribution in [0.2, 0.25) is 0 Å². The Bertz CT molecular complexity index is 260. The molecule has 0 amide bonds. The predicted molar refractivity (Wildman–Crippen MR) is 35.2 cm³/mol. The number of aryl methyl sites for hydroxylation is 1. The Morgan fingerprint density at radius 3 is 2.30 bits per heavy atom. The molecule has 54 valence electrons. The minimum absolute atomic E-state index is 0.00926. The topological polar surface area (TPSA) is 50.4 Å². The molecule has 0 bridgehead atoms. The summed E-state index contributed by atoms with van der Waals surface area (Å²) < 4.78 is 4.88. The third-order valence-electron chi connectivity index (χ3n) is 1.49. The average molecular weight is 140 g/mol. The molecule has 0 saturated heterocycles. The number of hydrogen-bond acceptors (Lipinski definition) is 3. The first kappa shape index (κ1) is 6.86. The Balaban J connectivity index is 3.30. The first-order valence-corrected chi connectivity index (χ1v) is 2.91. The molecule has 1 rings (SSSR count). The lowest BCUT2D eigenvalue weighted by Crippen LogP contribution is -1.72. The molecule has 10 heavy (non-hydrogen) atoms. The van der Waals surface area contributed by atoms with E-state index in [9.17, 15) is 4.79 Å². The van der Waals surface area contributed by atoms with Gasteiger partial charge in [0.15, 0.2) is 12.0 Å². The van der Waals surface area contributed by atoms with Crippen molar-refractivity contribution in [2.24, 2.45) is 0 Å². The molecule has 0 saturated carbocycles. The highest BCUT2D eigenvalue weighted by molar-refractivity contribution is 5.76. The van der Waals surface area contributed by atoms with Crippen LogP contribution in [0, 0.1) is 13.8 Å². The van der Waals surface area contributed by atoms with E-state index in [-0.39, 0.29) is 11.5 Å². The Morgan fingerprint density at radius 1 is 1.50 bits per heavy atom. The molecule has 3 nitrogen and oxygen atoms in total. The highest BCUT2D eigenvalue weighted by Crippen LogP contribution is 2.25. The Hall–Kier alpha value is -1.25. The van der Waals surface area contributed by atoms with Gasteiger partial charge in [-0.25, -0.2) is 0 Å². The van der Waals surface area contributed by atoms with Crippen molar-refractivity contribution in [2.45, 2.75) is 13.8 Å². The molecule has 0 aliphatic heterocycles. The second kappa shape index (κ2) is 2.17. The van der Waals surface area contributed by atoms with Gasteiger partial charge in [0.1, 0.15) is 5.76 Å². The summed E-state index contributed by atoms with van der Waals surface area (Å²) in [5, 5.41) is 9.09. The summed E-state index contributed by atoms with van der Waals surface area (Å²) in [6.45, 7) is 3.39. The van der Waals surface area contributed by atoms with Crippen molar-refractivity contribution in [3.8, 4) is 5.75 Å². The third kappa shape index (κ3) is 0.795. The second-order valence-corrected chi connectivity index (χ2v) is 2.11. The van der Waals surface area contributed by atoms with Crippen LogP contribution in [0.25, 0.3) is 0 Å². The molecule has 1 N–H and O–H groups in total. The van der Waals surface area contributed by atoms with Crippen molar-refractivity contribution >= 4 is 6.29 Å². The van der Waals surface area contributed by atoms with Gasteiger partial charge in [0.05, 0.1) is 0 Å². The first-order valence-electron chi connectivity index (χ1n) is 2.91. The van der Waals surface area contributed by atoms with E-state index in [2.05, 4.69) is 0 Å². The molecule has 1 aromatic heterocycles. The number of carbonyl (C=O) groups is 1. The van der Waals surface area contributed by atoms with Crippen molar-refractivity contribution in [2.75, 3.05) is 0 Å². The summed E-state index contributed by atoms with van der Waals surface area (Å²) in [6.07, 6.45) is 0.495. The highest BCUT2D eigenvalue weighted by atomic mass is 16.4. The zero-order valence-corrected chi connectivity index (χ0v) is 5.84. The van der Waals surface area contributed by atoms with Crippen LogP contribution in [0.4, 0.5) is 0 Å². The van der Waals surface area contributed by atoms with E-state index in [1.807, 2.05) is 0 Å². The molecule has 1 aromatic rings. The molecule has 0 radical (unpaired) electrons. The Kier molecular flexibility index (Phi) is 1.49. The van der Waals surface area contributed by atoms with Gasteiger partial charge in [0.25, 0.3) is 0 Å². The summed E-state index contributed by atoms with van der Waals surface area (Å²) in [5.41, 5.74) is 0.627. The van der Waals surface area contributed by atoms with Crippen molar-refractivity contribution in [3.63, 3.8) is 0 Å². The zero-order chi connectivity index (χ0) is 7.72. The van der Waals surface area contributed by atoms with Gasteiger partial charge in [-0.3, -0.25) is 4.79 Å². The summed E-state index contributed by atoms with van der Waals surface area (Å²) in [6, 6.07) is 0. The molecule has 0 atom stereocenters. The van der Waals surface area contributed by atoms with E-state index in [1.54, 1.807) is 13.8 Å². The maximum absolute atomic E-state index is 10.1.